The summed E-state index contributed by atoms with van der Waals surface area (Å²) in [5.41, 5.74) is 2.36. The summed E-state index contributed by atoms with van der Waals surface area (Å²) in [4.78, 5) is 2.35. The Kier molecular flexibility index (Phi) is 36.7. The highest BCUT2D eigenvalue weighted by atomic mass is 15.1. The summed E-state index contributed by atoms with van der Waals surface area (Å²) in [7, 11) is 0. The van der Waals surface area contributed by atoms with Gasteiger partial charge in [0.2, 0.25) is 0 Å². The van der Waals surface area contributed by atoms with Crippen molar-refractivity contribution < 1.29 is 0 Å². The van der Waals surface area contributed by atoms with Crippen molar-refractivity contribution in [1.82, 2.24) is 4.90 Å². The van der Waals surface area contributed by atoms with Gasteiger partial charge in [-0.15, -0.1) is 0 Å². The molecule has 0 rings (SSSR count). The zero-order valence-electron chi connectivity index (χ0n) is 17.0. The molecule has 0 aromatic rings. The molecule has 0 amide bonds. The predicted molar refractivity (Wildman–Crippen MR) is 108 cm³/mol. The topological polar surface area (TPSA) is 3.24 Å². The van der Waals surface area contributed by atoms with Crippen molar-refractivity contribution in [2.75, 3.05) is 13.1 Å². The van der Waals surface area contributed by atoms with Gasteiger partial charge in [-0.2, -0.15) is 0 Å². The van der Waals surface area contributed by atoms with Crippen LogP contribution >= 0.6 is 0 Å². The van der Waals surface area contributed by atoms with E-state index < -0.39 is 0 Å². The minimum absolute atomic E-state index is 1.03. The number of allylic oxidation sites excluding steroid dienone is 5. The van der Waals surface area contributed by atoms with E-state index in [-0.39, 0.29) is 0 Å². The van der Waals surface area contributed by atoms with E-state index in [9.17, 15) is 0 Å². The molecule has 0 saturated carbocycles. The average molecular weight is 310 g/mol. The van der Waals surface area contributed by atoms with Gasteiger partial charge in [-0.3, -0.25) is 0 Å². The normalized spacial score (nSPS) is 9.86. The molecule has 0 aliphatic heterocycles. The molecule has 0 aliphatic rings. The van der Waals surface area contributed by atoms with E-state index >= 15 is 0 Å². The monoisotopic (exact) mass is 309 g/mol. The van der Waals surface area contributed by atoms with E-state index in [1.54, 1.807) is 0 Å². The molecule has 0 aromatic carbocycles. The Morgan fingerprint density at radius 2 is 1.36 bits per heavy atom. The summed E-state index contributed by atoms with van der Waals surface area (Å²) in [5, 5.41) is 0. The highest BCUT2D eigenvalue weighted by Gasteiger charge is 2.02. The second-order valence-electron chi connectivity index (χ2n) is 3.84. The van der Waals surface area contributed by atoms with Crippen molar-refractivity contribution in [2.24, 2.45) is 0 Å². The number of hydrogen-bond acceptors (Lipinski definition) is 1. The standard InChI is InChI=1S/C15H25N.3C2H6/c1-6-10-13-16(9-4)15(8-3)12-11-14(5)7-2;3*1-2/h7-8,11-12H,2-3,6,9-10,13H2,1,4-5H3;3*1-2H3/b14-11-,15-12+;;;. The third kappa shape index (κ3) is 18.8. The largest absolute Gasteiger partial charge is 0.372 e. The molecule has 0 saturated heterocycles. The Morgan fingerprint density at radius 1 is 0.864 bits per heavy atom. The third-order valence-electron chi connectivity index (χ3n) is 2.58. The zero-order valence-corrected chi connectivity index (χ0v) is 17.0. The zero-order chi connectivity index (χ0) is 18.4. The first kappa shape index (κ1) is 28.9. The minimum atomic E-state index is 1.03. The van der Waals surface area contributed by atoms with Gasteiger partial charge < -0.3 is 4.90 Å². The molecule has 132 valence electrons. The molecule has 1 heteroatoms. The summed E-state index contributed by atoms with van der Waals surface area (Å²) < 4.78 is 0. The molecule has 0 radical (unpaired) electrons. The van der Waals surface area contributed by atoms with Crippen LogP contribution in [-0.4, -0.2) is 18.0 Å². The molecule has 22 heavy (non-hydrogen) atoms. The second-order valence-corrected chi connectivity index (χ2v) is 3.84. The third-order valence-corrected chi connectivity index (χ3v) is 2.58. The molecule has 0 fully saturated rings. The Hall–Kier alpha value is -1.24. The summed E-state index contributed by atoms with van der Waals surface area (Å²) in [5.74, 6) is 0. The van der Waals surface area contributed by atoms with E-state index in [1.165, 1.54) is 24.1 Å². The van der Waals surface area contributed by atoms with Gasteiger partial charge in [0.05, 0.1) is 0 Å². The molecule has 0 aliphatic carbocycles. The number of rotatable bonds is 8. The minimum Gasteiger partial charge on any atom is -0.372 e. The van der Waals surface area contributed by atoms with Crippen LogP contribution in [0.2, 0.25) is 0 Å². The van der Waals surface area contributed by atoms with Gasteiger partial charge in [0.25, 0.3) is 0 Å². The lowest BCUT2D eigenvalue weighted by Crippen LogP contribution is -2.22. The lowest BCUT2D eigenvalue weighted by atomic mass is 10.2. The molecular formula is C21H43N. The summed E-state index contributed by atoms with van der Waals surface area (Å²) in [6.45, 7) is 28.2. The fourth-order valence-electron chi connectivity index (χ4n) is 1.41. The highest BCUT2D eigenvalue weighted by molar-refractivity contribution is 5.26. The number of likely N-dealkylation sites (N-methyl/N-ethyl adjacent to an activating group) is 1. The predicted octanol–water partition coefficient (Wildman–Crippen LogP) is 7.39. The second kappa shape index (κ2) is 28.0. The maximum atomic E-state index is 3.88. The van der Waals surface area contributed by atoms with Crippen molar-refractivity contribution >= 4 is 0 Å². The Balaban J connectivity index is -0.000000238. The molecule has 1 nitrogen and oxygen atoms in total. The van der Waals surface area contributed by atoms with Crippen LogP contribution in [0.3, 0.4) is 0 Å². The van der Waals surface area contributed by atoms with E-state index in [2.05, 4.69) is 44.1 Å². The van der Waals surface area contributed by atoms with E-state index in [0.717, 1.165) is 13.1 Å². The van der Waals surface area contributed by atoms with Crippen molar-refractivity contribution in [1.29, 1.82) is 0 Å². The highest BCUT2D eigenvalue weighted by Crippen LogP contribution is 2.08. The van der Waals surface area contributed by atoms with Crippen LogP contribution < -0.4 is 0 Å². The molecule has 0 atom stereocenters. The number of nitrogens with zero attached hydrogens (tertiary/aromatic N) is 1. The fraction of sp³-hybridized carbons (Fsp3) is 0.619. The van der Waals surface area contributed by atoms with E-state index in [1.807, 2.05) is 60.6 Å². The van der Waals surface area contributed by atoms with E-state index in [4.69, 9.17) is 0 Å². The van der Waals surface area contributed by atoms with Crippen molar-refractivity contribution in [3.8, 4) is 0 Å². The maximum absolute atomic E-state index is 3.88. The van der Waals surface area contributed by atoms with Crippen LogP contribution in [0.4, 0.5) is 0 Å². The summed E-state index contributed by atoms with van der Waals surface area (Å²) in [6, 6.07) is 0. The van der Waals surface area contributed by atoms with Gasteiger partial charge >= 0.3 is 0 Å². The molecule has 0 aromatic heterocycles. The Morgan fingerprint density at radius 3 is 1.68 bits per heavy atom. The van der Waals surface area contributed by atoms with Crippen LogP contribution in [0.15, 0.2) is 48.7 Å². The van der Waals surface area contributed by atoms with Gasteiger partial charge in [0, 0.05) is 18.8 Å². The van der Waals surface area contributed by atoms with Crippen LogP contribution in [0.5, 0.6) is 0 Å². The van der Waals surface area contributed by atoms with Crippen LogP contribution in [-0.2, 0) is 0 Å². The van der Waals surface area contributed by atoms with Crippen LogP contribution in [0.25, 0.3) is 0 Å². The van der Waals surface area contributed by atoms with E-state index in [0.29, 0.717) is 0 Å². The molecule has 0 heterocycles. The molecular weight excluding hydrogens is 266 g/mol. The van der Waals surface area contributed by atoms with Crippen LogP contribution in [0, 0.1) is 0 Å². The van der Waals surface area contributed by atoms with Gasteiger partial charge in [0.1, 0.15) is 0 Å². The van der Waals surface area contributed by atoms with Gasteiger partial charge in [-0.1, -0.05) is 85.8 Å². The Labute approximate surface area is 142 Å². The van der Waals surface area contributed by atoms with Gasteiger partial charge in [-0.05, 0) is 32.4 Å². The first-order valence-electron chi connectivity index (χ1n) is 9.07. The smallest absolute Gasteiger partial charge is 0.0360 e. The van der Waals surface area contributed by atoms with Crippen molar-refractivity contribution in [3.63, 3.8) is 0 Å². The average Bonchev–Trinajstić information content (AvgIpc) is 2.62. The number of hydrogen-bond donors (Lipinski definition) is 0. The lowest BCUT2D eigenvalue weighted by Gasteiger charge is -2.23. The lowest BCUT2D eigenvalue weighted by molar-refractivity contribution is 0.365. The van der Waals surface area contributed by atoms with Gasteiger partial charge in [-0.25, -0.2) is 0 Å². The molecule has 0 N–H and O–H groups in total. The Bertz CT molecular complexity index is 272. The first-order valence-corrected chi connectivity index (χ1v) is 9.07. The maximum Gasteiger partial charge on any atom is 0.0360 e. The summed E-state index contributed by atoms with van der Waals surface area (Å²) in [6.07, 6.45) is 10.4. The van der Waals surface area contributed by atoms with Crippen molar-refractivity contribution in [3.05, 3.63) is 48.7 Å². The van der Waals surface area contributed by atoms with Crippen LogP contribution in [0.1, 0.15) is 75.2 Å². The van der Waals surface area contributed by atoms with Crippen molar-refractivity contribution in [2.45, 2.75) is 75.2 Å². The fourth-order valence-corrected chi connectivity index (χ4v) is 1.41. The van der Waals surface area contributed by atoms with Gasteiger partial charge in [0.15, 0.2) is 0 Å². The first-order chi connectivity index (χ1) is 10.7. The summed E-state index contributed by atoms with van der Waals surface area (Å²) >= 11 is 0. The molecule has 0 spiro atoms. The number of unbranched alkanes of at least 4 members (excludes halogenated alkanes) is 1. The molecule has 0 bridgehead atoms. The SMILES string of the molecule is C=C/C(C)=C\C=C(/C=C)N(CC)CCCC.CC.CC.CC. The quantitative estimate of drug-likeness (QED) is 0.422. The molecule has 0 unspecified atom stereocenters.